The molecule has 3 aromatic rings. The molecule has 0 radical (unpaired) electrons. The molecule has 0 saturated heterocycles. The standard InChI is InChI=1S/C22H26N4O5/c1-6-7-14-12-23-20-18(21(28)26(3)22(29)25(20)2)19(14)24-17(27)11-13-8-9-15(30-4)16(10-13)31-5/h8-10,12H,6-7,11H2,1-5H3,(H,23,24,27). The second-order valence-electron chi connectivity index (χ2n) is 7.23. The third-order valence-corrected chi connectivity index (χ3v) is 5.14. The molecule has 9 heteroatoms. The Morgan fingerprint density at radius 3 is 2.45 bits per heavy atom. The molecule has 9 nitrogen and oxygen atoms in total. The van der Waals surface area contributed by atoms with Crippen LogP contribution in [0.2, 0.25) is 0 Å². The molecule has 31 heavy (non-hydrogen) atoms. The number of rotatable bonds is 7. The second kappa shape index (κ2) is 9.03. The third kappa shape index (κ3) is 4.16. The molecule has 0 bridgehead atoms. The predicted molar refractivity (Wildman–Crippen MR) is 118 cm³/mol. The number of methoxy groups -OCH3 is 2. The molecule has 0 saturated carbocycles. The predicted octanol–water partition coefficient (Wildman–Crippen LogP) is 1.78. The van der Waals surface area contributed by atoms with Crippen molar-refractivity contribution in [3.05, 3.63) is 56.4 Å². The molecule has 2 heterocycles. The smallest absolute Gasteiger partial charge is 0.332 e. The highest BCUT2D eigenvalue weighted by molar-refractivity contribution is 6.01. The van der Waals surface area contributed by atoms with Crippen LogP contribution in [0.3, 0.4) is 0 Å². The van der Waals surface area contributed by atoms with E-state index in [1.54, 1.807) is 38.6 Å². The first-order valence-corrected chi connectivity index (χ1v) is 9.90. The summed E-state index contributed by atoms with van der Waals surface area (Å²) in [5.74, 6) is 0.798. The van der Waals surface area contributed by atoms with Gasteiger partial charge in [-0.25, -0.2) is 9.78 Å². The van der Waals surface area contributed by atoms with E-state index in [2.05, 4.69) is 10.3 Å². The summed E-state index contributed by atoms with van der Waals surface area (Å²) >= 11 is 0. The number of pyridine rings is 1. The Hall–Kier alpha value is -3.62. The summed E-state index contributed by atoms with van der Waals surface area (Å²) < 4.78 is 12.8. The lowest BCUT2D eigenvalue weighted by atomic mass is 10.1. The van der Waals surface area contributed by atoms with Gasteiger partial charge in [-0.15, -0.1) is 0 Å². The van der Waals surface area contributed by atoms with E-state index in [9.17, 15) is 14.4 Å². The van der Waals surface area contributed by atoms with E-state index >= 15 is 0 Å². The number of amides is 1. The number of carbonyl (C=O) groups excluding carboxylic acids is 1. The summed E-state index contributed by atoms with van der Waals surface area (Å²) in [5, 5.41) is 3.11. The molecule has 0 unspecified atom stereocenters. The fourth-order valence-corrected chi connectivity index (χ4v) is 3.53. The summed E-state index contributed by atoms with van der Waals surface area (Å²) in [7, 11) is 6.03. The van der Waals surface area contributed by atoms with Crippen LogP contribution in [-0.2, 0) is 31.7 Å². The maximum absolute atomic E-state index is 12.9. The van der Waals surface area contributed by atoms with Crippen LogP contribution in [-0.4, -0.2) is 34.2 Å². The maximum Gasteiger partial charge on any atom is 0.332 e. The minimum Gasteiger partial charge on any atom is -0.493 e. The molecule has 1 aromatic carbocycles. The van der Waals surface area contributed by atoms with Crippen LogP contribution in [0.25, 0.3) is 11.0 Å². The van der Waals surface area contributed by atoms with E-state index in [1.807, 2.05) is 6.92 Å². The Morgan fingerprint density at radius 2 is 1.81 bits per heavy atom. The van der Waals surface area contributed by atoms with Gasteiger partial charge in [-0.3, -0.25) is 18.7 Å². The minimum atomic E-state index is -0.495. The van der Waals surface area contributed by atoms with Gasteiger partial charge in [-0.1, -0.05) is 19.4 Å². The first-order valence-electron chi connectivity index (χ1n) is 9.90. The van der Waals surface area contributed by atoms with E-state index in [0.717, 1.165) is 22.1 Å². The summed E-state index contributed by atoms with van der Waals surface area (Å²) in [4.78, 5) is 42.4. The first kappa shape index (κ1) is 22.1. The summed E-state index contributed by atoms with van der Waals surface area (Å²) in [6.45, 7) is 2.00. The maximum atomic E-state index is 12.9. The van der Waals surface area contributed by atoms with Crippen molar-refractivity contribution in [3.8, 4) is 11.5 Å². The Balaban J connectivity index is 2.05. The summed E-state index contributed by atoms with van der Waals surface area (Å²) in [6, 6.07) is 5.25. The van der Waals surface area contributed by atoms with Crippen LogP contribution in [0.4, 0.5) is 5.69 Å². The fraction of sp³-hybridized carbons (Fsp3) is 0.364. The van der Waals surface area contributed by atoms with Crippen LogP contribution in [0, 0.1) is 0 Å². The third-order valence-electron chi connectivity index (χ3n) is 5.14. The average Bonchev–Trinajstić information content (AvgIpc) is 2.77. The molecule has 1 amide bonds. The van der Waals surface area contributed by atoms with Gasteiger partial charge in [0.2, 0.25) is 5.91 Å². The number of ether oxygens (including phenoxy) is 2. The quantitative estimate of drug-likeness (QED) is 0.618. The van der Waals surface area contributed by atoms with Gasteiger partial charge < -0.3 is 14.8 Å². The number of hydrogen-bond donors (Lipinski definition) is 1. The van der Waals surface area contributed by atoms with Crippen LogP contribution < -0.4 is 26.0 Å². The van der Waals surface area contributed by atoms with Gasteiger partial charge in [-0.05, 0) is 29.7 Å². The number of nitrogens with one attached hydrogen (secondary N) is 1. The molecule has 0 aliphatic rings. The molecule has 2 aromatic heterocycles. The molecule has 0 aliphatic heterocycles. The summed E-state index contributed by atoms with van der Waals surface area (Å²) in [6.07, 6.45) is 3.11. The van der Waals surface area contributed by atoms with Crippen molar-refractivity contribution >= 4 is 22.6 Å². The number of anilines is 1. The Morgan fingerprint density at radius 1 is 1.10 bits per heavy atom. The van der Waals surface area contributed by atoms with Crippen molar-refractivity contribution in [1.29, 1.82) is 0 Å². The topological polar surface area (TPSA) is 104 Å². The van der Waals surface area contributed by atoms with Gasteiger partial charge in [0.25, 0.3) is 5.56 Å². The van der Waals surface area contributed by atoms with Gasteiger partial charge in [0, 0.05) is 20.3 Å². The fourth-order valence-electron chi connectivity index (χ4n) is 3.53. The van der Waals surface area contributed by atoms with Gasteiger partial charge >= 0.3 is 5.69 Å². The van der Waals surface area contributed by atoms with E-state index in [4.69, 9.17) is 9.47 Å². The number of nitrogens with zero attached hydrogens (tertiary/aromatic N) is 3. The zero-order valence-electron chi connectivity index (χ0n) is 18.3. The van der Waals surface area contributed by atoms with Crippen LogP contribution >= 0.6 is 0 Å². The van der Waals surface area contributed by atoms with Crippen molar-refractivity contribution in [3.63, 3.8) is 0 Å². The monoisotopic (exact) mass is 426 g/mol. The van der Waals surface area contributed by atoms with Gasteiger partial charge in [0.05, 0.1) is 26.3 Å². The molecule has 0 fully saturated rings. The van der Waals surface area contributed by atoms with Crippen molar-refractivity contribution in [1.82, 2.24) is 14.1 Å². The van der Waals surface area contributed by atoms with Crippen molar-refractivity contribution in [2.45, 2.75) is 26.2 Å². The normalized spacial score (nSPS) is 10.9. The number of benzene rings is 1. The molecular weight excluding hydrogens is 400 g/mol. The van der Waals surface area contributed by atoms with E-state index in [1.165, 1.54) is 18.7 Å². The number of aryl methyl sites for hydroxylation is 2. The largest absolute Gasteiger partial charge is 0.493 e. The minimum absolute atomic E-state index is 0.0712. The highest BCUT2D eigenvalue weighted by Crippen LogP contribution is 2.28. The number of fused-ring (bicyclic) bond motifs is 1. The molecule has 0 atom stereocenters. The number of aromatic nitrogens is 3. The lowest BCUT2D eigenvalue weighted by molar-refractivity contribution is -0.115. The van der Waals surface area contributed by atoms with E-state index < -0.39 is 11.2 Å². The lowest BCUT2D eigenvalue weighted by Crippen LogP contribution is -2.38. The zero-order chi connectivity index (χ0) is 22.7. The van der Waals surface area contributed by atoms with Crippen molar-refractivity contribution < 1.29 is 14.3 Å². The van der Waals surface area contributed by atoms with Crippen LogP contribution in [0.15, 0.2) is 34.0 Å². The molecule has 0 spiro atoms. The van der Waals surface area contributed by atoms with Gasteiger partial charge in [0.15, 0.2) is 17.1 Å². The average molecular weight is 426 g/mol. The van der Waals surface area contributed by atoms with Gasteiger partial charge in [0.1, 0.15) is 5.39 Å². The number of hydrogen-bond acceptors (Lipinski definition) is 6. The van der Waals surface area contributed by atoms with Crippen molar-refractivity contribution in [2.24, 2.45) is 14.1 Å². The Bertz CT molecular complexity index is 1260. The first-order chi connectivity index (χ1) is 14.8. The SMILES string of the molecule is CCCc1cnc2c(c1NC(=O)Cc1ccc(OC)c(OC)c1)c(=O)n(C)c(=O)n2C. The highest BCUT2D eigenvalue weighted by Gasteiger charge is 2.19. The lowest BCUT2D eigenvalue weighted by Gasteiger charge is -2.15. The molecule has 1 N–H and O–H groups in total. The van der Waals surface area contributed by atoms with E-state index in [-0.39, 0.29) is 23.4 Å². The number of carbonyl (C=O) groups is 1. The second-order valence-corrected chi connectivity index (χ2v) is 7.23. The van der Waals surface area contributed by atoms with E-state index in [0.29, 0.717) is 23.6 Å². The Labute approximate surface area is 179 Å². The molecular formula is C22H26N4O5. The molecule has 3 rings (SSSR count). The molecule has 164 valence electrons. The van der Waals surface area contributed by atoms with Crippen LogP contribution in [0.5, 0.6) is 11.5 Å². The molecule has 0 aliphatic carbocycles. The van der Waals surface area contributed by atoms with Crippen LogP contribution in [0.1, 0.15) is 24.5 Å². The zero-order valence-corrected chi connectivity index (χ0v) is 18.3. The highest BCUT2D eigenvalue weighted by atomic mass is 16.5. The van der Waals surface area contributed by atoms with Gasteiger partial charge in [-0.2, -0.15) is 0 Å². The summed E-state index contributed by atoms with van der Waals surface area (Å²) in [5.41, 5.74) is 1.13. The van der Waals surface area contributed by atoms with Crippen molar-refractivity contribution in [2.75, 3.05) is 19.5 Å². The Kier molecular flexibility index (Phi) is 6.43.